The first-order valence-corrected chi connectivity index (χ1v) is 15.7. The van der Waals surface area contributed by atoms with Crippen molar-refractivity contribution in [2.24, 2.45) is 0 Å². The number of carbonyl (C=O) groups is 1. The topological polar surface area (TPSA) is 143 Å². The Balaban J connectivity index is 1.39. The predicted octanol–water partition coefficient (Wildman–Crippen LogP) is 4.01. The third-order valence-electron chi connectivity index (χ3n) is 8.33. The standard InChI is InChI=1S/C29H30Cl2FN5O6S/c1-42-27-25(36-11-19(34-35-36)14-8-16(30)24(31)17(32)9-14)26(40)22(12-38)43-28(27)29(41)37(20-4-2-3-5-21(20)39)15-6-7-18-23(10-15)44-13-33-18/h6-11,13,20-22,25-28,38-40H,2-5,12H2,1H3/t20-,21-,22?,25?,26?,27?,28?/m0/s1. The second kappa shape index (κ2) is 12.9. The second-order valence-corrected chi connectivity index (χ2v) is 12.6. The number of hydrogen-bond donors (Lipinski definition) is 3. The van der Waals surface area contributed by atoms with Gasteiger partial charge >= 0.3 is 0 Å². The van der Waals surface area contributed by atoms with Crippen molar-refractivity contribution in [2.75, 3.05) is 18.6 Å². The summed E-state index contributed by atoms with van der Waals surface area (Å²) >= 11 is 13.4. The van der Waals surface area contributed by atoms with Crippen LogP contribution in [0.15, 0.2) is 42.0 Å². The normalized spacial score (nSPS) is 27.5. The van der Waals surface area contributed by atoms with Gasteiger partial charge in [-0.1, -0.05) is 41.3 Å². The Hall–Kier alpha value is -2.75. The zero-order valence-electron chi connectivity index (χ0n) is 23.5. The maximum atomic E-state index is 14.6. The number of halogens is 3. The number of ether oxygens (including phenoxy) is 2. The molecule has 1 aliphatic heterocycles. The molecule has 5 unspecified atom stereocenters. The molecule has 234 valence electrons. The van der Waals surface area contributed by atoms with Crippen LogP contribution in [0.5, 0.6) is 0 Å². The van der Waals surface area contributed by atoms with Crippen LogP contribution in [0.1, 0.15) is 31.7 Å². The van der Waals surface area contributed by atoms with E-state index in [0.29, 0.717) is 24.1 Å². The molecule has 6 rings (SSSR count). The fraction of sp³-hybridized carbons (Fsp3) is 0.448. The third-order valence-corrected chi connectivity index (χ3v) is 9.90. The fourth-order valence-corrected chi connectivity index (χ4v) is 7.15. The van der Waals surface area contributed by atoms with Crippen LogP contribution < -0.4 is 4.90 Å². The number of aromatic nitrogens is 4. The summed E-state index contributed by atoms with van der Waals surface area (Å²) in [5, 5.41) is 40.6. The highest BCUT2D eigenvalue weighted by Gasteiger charge is 2.52. The molecule has 1 amide bonds. The zero-order valence-corrected chi connectivity index (χ0v) is 25.8. The molecule has 15 heteroatoms. The van der Waals surface area contributed by atoms with Crippen molar-refractivity contribution in [2.45, 2.75) is 68.3 Å². The van der Waals surface area contributed by atoms with E-state index in [9.17, 15) is 24.5 Å². The van der Waals surface area contributed by atoms with E-state index in [2.05, 4.69) is 15.3 Å². The SMILES string of the molecule is COC1C(C(=O)N(c2ccc3ncsc3c2)[C@H]2CCCC[C@@H]2O)OC(CO)C(O)C1n1cc(-c2cc(F)c(Cl)c(Cl)c2)nn1. The highest BCUT2D eigenvalue weighted by atomic mass is 35.5. The van der Waals surface area contributed by atoms with E-state index in [-0.39, 0.29) is 15.7 Å². The fourth-order valence-electron chi connectivity index (χ4n) is 6.12. The van der Waals surface area contributed by atoms with E-state index in [4.69, 9.17) is 32.7 Å². The Bertz CT molecular complexity index is 1630. The van der Waals surface area contributed by atoms with Crippen molar-refractivity contribution in [3.05, 3.63) is 57.9 Å². The lowest BCUT2D eigenvalue weighted by Crippen LogP contribution is -2.63. The van der Waals surface area contributed by atoms with Gasteiger partial charge < -0.3 is 29.7 Å². The van der Waals surface area contributed by atoms with Crippen LogP contribution in [0, 0.1) is 5.82 Å². The molecule has 3 N–H and O–H groups in total. The Morgan fingerprint density at radius 3 is 2.75 bits per heavy atom. The number of aliphatic hydroxyl groups excluding tert-OH is 3. The third kappa shape index (κ3) is 5.71. The van der Waals surface area contributed by atoms with Crippen molar-refractivity contribution >= 4 is 56.3 Å². The lowest BCUT2D eigenvalue weighted by Gasteiger charge is -2.46. The summed E-state index contributed by atoms with van der Waals surface area (Å²) in [5.41, 5.74) is 3.58. The number of amides is 1. The summed E-state index contributed by atoms with van der Waals surface area (Å²) in [6.45, 7) is -0.601. The van der Waals surface area contributed by atoms with E-state index in [1.54, 1.807) is 16.5 Å². The summed E-state index contributed by atoms with van der Waals surface area (Å²) in [6, 6.07) is 6.46. The number of aliphatic hydroxyl groups is 3. The van der Waals surface area contributed by atoms with Gasteiger partial charge in [0.25, 0.3) is 5.91 Å². The zero-order chi connectivity index (χ0) is 31.1. The Morgan fingerprint density at radius 2 is 2.02 bits per heavy atom. The number of nitrogens with zero attached hydrogens (tertiary/aromatic N) is 5. The first-order chi connectivity index (χ1) is 21.2. The molecule has 3 heterocycles. The lowest BCUT2D eigenvalue weighted by atomic mass is 9.88. The van der Waals surface area contributed by atoms with Crippen LogP contribution in [0.4, 0.5) is 10.1 Å². The van der Waals surface area contributed by atoms with Gasteiger partial charge in [0.05, 0.1) is 50.7 Å². The highest BCUT2D eigenvalue weighted by molar-refractivity contribution is 7.16. The molecule has 1 saturated heterocycles. The molecule has 1 saturated carbocycles. The largest absolute Gasteiger partial charge is 0.394 e. The molecule has 7 atom stereocenters. The Kier molecular flexibility index (Phi) is 9.18. The molecule has 2 aromatic carbocycles. The van der Waals surface area contributed by atoms with Crippen LogP contribution in [0.3, 0.4) is 0 Å². The molecule has 2 fully saturated rings. The Labute approximate surface area is 265 Å². The van der Waals surface area contributed by atoms with Crippen molar-refractivity contribution in [3.63, 3.8) is 0 Å². The van der Waals surface area contributed by atoms with Gasteiger partial charge in [0, 0.05) is 18.4 Å². The number of fused-ring (bicyclic) bond motifs is 1. The number of benzene rings is 2. The van der Waals surface area contributed by atoms with Gasteiger partial charge in [-0.15, -0.1) is 16.4 Å². The minimum atomic E-state index is -1.36. The number of hydrogen-bond acceptors (Lipinski definition) is 10. The smallest absolute Gasteiger partial charge is 0.259 e. The van der Waals surface area contributed by atoms with Crippen LogP contribution in [0.25, 0.3) is 21.5 Å². The molecule has 0 spiro atoms. The quantitative estimate of drug-likeness (QED) is 0.250. The first-order valence-electron chi connectivity index (χ1n) is 14.1. The number of rotatable bonds is 7. The molecule has 44 heavy (non-hydrogen) atoms. The minimum absolute atomic E-state index is 0.00963. The van der Waals surface area contributed by atoms with Gasteiger partial charge in [0.1, 0.15) is 35.9 Å². The van der Waals surface area contributed by atoms with Gasteiger partial charge in [0.2, 0.25) is 0 Å². The van der Waals surface area contributed by atoms with E-state index in [1.807, 2.05) is 12.1 Å². The summed E-state index contributed by atoms with van der Waals surface area (Å²) in [6.07, 6.45) is -1.50. The van der Waals surface area contributed by atoms with Crippen LogP contribution in [-0.2, 0) is 14.3 Å². The minimum Gasteiger partial charge on any atom is -0.394 e. The average molecular weight is 667 g/mol. The van der Waals surface area contributed by atoms with Gasteiger partial charge in [0.15, 0.2) is 6.10 Å². The predicted molar refractivity (Wildman–Crippen MR) is 162 cm³/mol. The van der Waals surface area contributed by atoms with Gasteiger partial charge in [-0.3, -0.25) is 4.79 Å². The maximum Gasteiger partial charge on any atom is 0.259 e. The van der Waals surface area contributed by atoms with E-state index >= 15 is 0 Å². The molecule has 0 radical (unpaired) electrons. The maximum absolute atomic E-state index is 14.6. The molecule has 2 aliphatic rings. The van der Waals surface area contributed by atoms with Gasteiger partial charge in [-0.2, -0.15) is 0 Å². The second-order valence-electron chi connectivity index (χ2n) is 10.9. The van der Waals surface area contributed by atoms with Gasteiger partial charge in [-0.05, 0) is 43.2 Å². The molecular formula is C29H30Cl2FN5O6S. The van der Waals surface area contributed by atoms with Crippen molar-refractivity contribution in [1.29, 1.82) is 0 Å². The number of carbonyl (C=O) groups excluding carboxylic acids is 1. The molecule has 2 aromatic heterocycles. The molecule has 4 aromatic rings. The monoisotopic (exact) mass is 665 g/mol. The summed E-state index contributed by atoms with van der Waals surface area (Å²) < 4.78 is 28.4. The highest BCUT2D eigenvalue weighted by Crippen LogP contribution is 2.38. The van der Waals surface area contributed by atoms with Crippen LogP contribution in [-0.4, -0.2) is 91.5 Å². The van der Waals surface area contributed by atoms with Crippen molar-refractivity contribution in [3.8, 4) is 11.3 Å². The van der Waals surface area contributed by atoms with E-state index in [1.165, 1.54) is 35.4 Å². The molecule has 1 aliphatic carbocycles. The number of methoxy groups -OCH3 is 1. The summed E-state index contributed by atoms with van der Waals surface area (Å²) in [7, 11) is 1.38. The molecule has 11 nitrogen and oxygen atoms in total. The van der Waals surface area contributed by atoms with E-state index in [0.717, 1.165) is 29.1 Å². The van der Waals surface area contributed by atoms with Gasteiger partial charge in [-0.25, -0.2) is 14.1 Å². The Morgan fingerprint density at radius 1 is 1.23 bits per heavy atom. The average Bonchev–Trinajstić information content (AvgIpc) is 3.70. The van der Waals surface area contributed by atoms with E-state index < -0.39 is 60.9 Å². The molecule has 0 bridgehead atoms. The van der Waals surface area contributed by atoms with Crippen molar-refractivity contribution < 1.29 is 34.0 Å². The number of thiazole rings is 1. The van der Waals surface area contributed by atoms with Crippen LogP contribution >= 0.6 is 34.5 Å². The van der Waals surface area contributed by atoms with Crippen LogP contribution in [0.2, 0.25) is 10.0 Å². The molecular weight excluding hydrogens is 636 g/mol. The van der Waals surface area contributed by atoms with Crippen molar-refractivity contribution in [1.82, 2.24) is 20.0 Å². The number of anilines is 1. The lowest BCUT2D eigenvalue weighted by molar-refractivity contribution is -0.211. The first kappa shape index (κ1) is 31.2. The summed E-state index contributed by atoms with van der Waals surface area (Å²) in [4.78, 5) is 20.5. The summed E-state index contributed by atoms with van der Waals surface area (Å²) in [5.74, 6) is -1.24.